The van der Waals surface area contributed by atoms with Gasteiger partial charge in [0.1, 0.15) is 0 Å². The van der Waals surface area contributed by atoms with Crippen molar-refractivity contribution in [2.24, 2.45) is 0 Å². The van der Waals surface area contributed by atoms with Gasteiger partial charge in [-0.25, -0.2) is 0 Å². The first-order chi connectivity index (χ1) is 10.9. The van der Waals surface area contributed by atoms with Crippen LogP contribution in [0.5, 0.6) is 0 Å². The van der Waals surface area contributed by atoms with Crippen molar-refractivity contribution in [3.8, 4) is 0 Å². The SMILES string of the molecule is CCCCc1cn([Si](C(C)C)(C(C)C)C(C)C)c2ccccc12. The van der Waals surface area contributed by atoms with E-state index >= 15 is 0 Å². The third-order valence-electron chi connectivity index (χ3n) is 5.79. The van der Waals surface area contributed by atoms with Gasteiger partial charge < -0.3 is 4.23 Å². The largest absolute Gasteiger partial charge is 0.373 e. The summed E-state index contributed by atoms with van der Waals surface area (Å²) in [4.78, 5) is 0. The number of fused-ring (bicyclic) bond motifs is 1. The number of para-hydroxylation sites is 1. The van der Waals surface area contributed by atoms with E-state index in [9.17, 15) is 0 Å². The first-order valence-electron chi connectivity index (χ1n) is 9.46. The number of unbranched alkanes of at least 4 members (excludes halogenated alkanes) is 1. The summed E-state index contributed by atoms with van der Waals surface area (Å²) in [5, 5.41) is 1.49. The van der Waals surface area contributed by atoms with E-state index in [0.29, 0.717) is 0 Å². The summed E-state index contributed by atoms with van der Waals surface area (Å²) in [6.45, 7) is 17.0. The molecule has 0 unspecified atom stereocenters. The van der Waals surface area contributed by atoms with Gasteiger partial charge in [0, 0.05) is 10.9 Å². The molecular formula is C21H35NSi. The molecule has 0 aliphatic rings. The molecule has 2 heteroatoms. The van der Waals surface area contributed by atoms with Crippen molar-refractivity contribution in [1.29, 1.82) is 0 Å². The van der Waals surface area contributed by atoms with Crippen LogP contribution in [0.1, 0.15) is 66.9 Å². The van der Waals surface area contributed by atoms with Crippen molar-refractivity contribution in [2.75, 3.05) is 0 Å². The summed E-state index contributed by atoms with van der Waals surface area (Å²) in [6.07, 6.45) is 6.30. The van der Waals surface area contributed by atoms with Crippen LogP contribution >= 0.6 is 0 Å². The Morgan fingerprint density at radius 3 is 2.00 bits per heavy atom. The maximum atomic E-state index is 2.77. The zero-order valence-corrected chi connectivity index (χ0v) is 17.2. The highest BCUT2D eigenvalue weighted by molar-refractivity contribution is 6.82. The molecule has 0 spiro atoms. The van der Waals surface area contributed by atoms with Crippen LogP contribution < -0.4 is 0 Å². The van der Waals surface area contributed by atoms with E-state index in [0.717, 1.165) is 16.6 Å². The third-order valence-corrected chi connectivity index (χ3v) is 12.5. The molecule has 0 fully saturated rings. The zero-order valence-electron chi connectivity index (χ0n) is 16.2. The number of aryl methyl sites for hydroxylation is 1. The number of hydrogen-bond acceptors (Lipinski definition) is 0. The summed E-state index contributed by atoms with van der Waals surface area (Å²) in [7, 11) is -1.67. The smallest absolute Gasteiger partial charge is 0.169 e. The number of hydrogen-bond donors (Lipinski definition) is 0. The normalized spacial score (nSPS) is 13.0. The van der Waals surface area contributed by atoms with E-state index in [4.69, 9.17) is 0 Å². The Morgan fingerprint density at radius 2 is 1.48 bits per heavy atom. The molecule has 128 valence electrons. The summed E-state index contributed by atoms with van der Waals surface area (Å²) >= 11 is 0. The van der Waals surface area contributed by atoms with E-state index in [1.807, 2.05) is 0 Å². The number of rotatable bonds is 7. The van der Waals surface area contributed by atoms with Crippen LogP contribution in [0.2, 0.25) is 16.6 Å². The molecule has 0 aliphatic heterocycles. The summed E-state index contributed by atoms with van der Waals surface area (Å²) < 4.78 is 2.77. The van der Waals surface area contributed by atoms with Crippen molar-refractivity contribution in [1.82, 2.24) is 4.23 Å². The third kappa shape index (κ3) is 3.02. The first-order valence-corrected chi connectivity index (χ1v) is 11.6. The molecule has 0 radical (unpaired) electrons. The molecule has 0 aliphatic carbocycles. The van der Waals surface area contributed by atoms with Crippen LogP contribution in [0.15, 0.2) is 30.5 Å². The monoisotopic (exact) mass is 329 g/mol. The van der Waals surface area contributed by atoms with Crippen LogP contribution in [0.4, 0.5) is 0 Å². The highest BCUT2D eigenvalue weighted by atomic mass is 28.3. The van der Waals surface area contributed by atoms with E-state index in [1.165, 1.54) is 30.2 Å². The minimum atomic E-state index is -1.67. The second kappa shape index (κ2) is 7.25. The summed E-state index contributed by atoms with van der Waals surface area (Å²) in [5.74, 6) is 0. The average Bonchev–Trinajstić information content (AvgIpc) is 2.84. The van der Waals surface area contributed by atoms with Gasteiger partial charge >= 0.3 is 0 Å². The number of benzene rings is 1. The van der Waals surface area contributed by atoms with Gasteiger partial charge in [0.25, 0.3) is 0 Å². The lowest BCUT2D eigenvalue weighted by molar-refractivity contribution is 0.766. The van der Waals surface area contributed by atoms with Crippen molar-refractivity contribution >= 4 is 19.1 Å². The molecule has 23 heavy (non-hydrogen) atoms. The predicted octanol–water partition coefficient (Wildman–Crippen LogP) is 7.01. The second-order valence-corrected chi connectivity index (χ2v) is 13.7. The van der Waals surface area contributed by atoms with Crippen LogP contribution in [0.25, 0.3) is 10.9 Å². The average molecular weight is 330 g/mol. The Hall–Kier alpha value is -1.02. The Bertz CT molecular complexity index is 615. The van der Waals surface area contributed by atoms with Gasteiger partial charge in [-0.15, -0.1) is 0 Å². The van der Waals surface area contributed by atoms with E-state index in [1.54, 1.807) is 5.56 Å². The molecule has 0 saturated heterocycles. The fraction of sp³-hybridized carbons (Fsp3) is 0.619. The predicted molar refractivity (Wildman–Crippen MR) is 107 cm³/mol. The Morgan fingerprint density at radius 1 is 0.913 bits per heavy atom. The van der Waals surface area contributed by atoms with Gasteiger partial charge in [-0.1, -0.05) is 73.1 Å². The Labute approximate surface area is 144 Å². The molecule has 2 aromatic rings. The van der Waals surface area contributed by atoms with Gasteiger partial charge in [-0.2, -0.15) is 0 Å². The van der Waals surface area contributed by atoms with Crippen LogP contribution in [0.3, 0.4) is 0 Å². The van der Waals surface area contributed by atoms with E-state index in [-0.39, 0.29) is 0 Å². The van der Waals surface area contributed by atoms with Gasteiger partial charge in [0.15, 0.2) is 8.24 Å². The topological polar surface area (TPSA) is 4.93 Å². The molecule has 0 bridgehead atoms. The zero-order chi connectivity index (χ0) is 17.2. The molecular weight excluding hydrogens is 294 g/mol. The maximum absolute atomic E-state index is 2.77. The van der Waals surface area contributed by atoms with Crippen molar-refractivity contribution in [3.63, 3.8) is 0 Å². The maximum Gasteiger partial charge on any atom is 0.169 e. The highest BCUT2D eigenvalue weighted by Crippen LogP contribution is 2.44. The molecule has 2 rings (SSSR count). The lowest BCUT2D eigenvalue weighted by atomic mass is 10.1. The second-order valence-electron chi connectivity index (χ2n) is 8.00. The molecule has 1 nitrogen and oxygen atoms in total. The molecule has 0 atom stereocenters. The molecule has 0 saturated carbocycles. The Kier molecular flexibility index (Phi) is 5.78. The van der Waals surface area contributed by atoms with Crippen LogP contribution in [0, 0.1) is 0 Å². The molecule has 1 heterocycles. The molecule has 0 N–H and O–H groups in total. The van der Waals surface area contributed by atoms with Crippen molar-refractivity contribution in [2.45, 2.75) is 84.4 Å². The summed E-state index contributed by atoms with van der Waals surface area (Å²) in [5.41, 5.74) is 5.23. The number of nitrogens with zero attached hydrogens (tertiary/aromatic N) is 1. The molecule has 0 amide bonds. The van der Waals surface area contributed by atoms with E-state index in [2.05, 4.69) is 83.2 Å². The molecule has 1 aromatic carbocycles. The minimum absolute atomic E-state index is 0.734. The van der Waals surface area contributed by atoms with Crippen LogP contribution in [-0.4, -0.2) is 12.5 Å². The Balaban J connectivity index is 2.73. The van der Waals surface area contributed by atoms with E-state index < -0.39 is 8.24 Å². The van der Waals surface area contributed by atoms with Gasteiger partial charge in [-0.3, -0.25) is 0 Å². The first kappa shape index (κ1) is 18.3. The lowest BCUT2D eigenvalue weighted by Crippen LogP contribution is -2.51. The van der Waals surface area contributed by atoms with Crippen LogP contribution in [-0.2, 0) is 6.42 Å². The summed E-state index contributed by atoms with van der Waals surface area (Å²) in [6, 6.07) is 9.09. The number of aromatic nitrogens is 1. The fourth-order valence-corrected chi connectivity index (χ4v) is 11.6. The highest BCUT2D eigenvalue weighted by Gasteiger charge is 2.45. The van der Waals surface area contributed by atoms with Crippen molar-refractivity contribution < 1.29 is 0 Å². The molecule has 1 aromatic heterocycles. The quantitative estimate of drug-likeness (QED) is 0.481. The van der Waals surface area contributed by atoms with Gasteiger partial charge in [0.2, 0.25) is 0 Å². The fourth-order valence-electron chi connectivity index (χ4n) is 4.97. The van der Waals surface area contributed by atoms with Gasteiger partial charge in [0.05, 0.1) is 0 Å². The lowest BCUT2D eigenvalue weighted by Gasteiger charge is -2.44. The standard InChI is InChI=1S/C21H35NSi/c1-8-9-12-19-15-22(21-14-11-10-13-20(19)21)23(16(2)3,17(4)5)18(6)7/h10-11,13-18H,8-9,12H2,1-7H3. The van der Waals surface area contributed by atoms with Gasteiger partial charge in [-0.05, 0) is 47.3 Å². The van der Waals surface area contributed by atoms with Crippen molar-refractivity contribution in [3.05, 3.63) is 36.0 Å². The minimum Gasteiger partial charge on any atom is -0.373 e.